The molecule has 2 aromatic carbocycles. The fraction of sp³-hybridized carbons (Fsp3) is 0.423. The van der Waals surface area contributed by atoms with Crippen molar-refractivity contribution in [2.75, 3.05) is 24.6 Å². The molecule has 2 aliphatic rings. The van der Waals surface area contributed by atoms with Crippen LogP contribution in [0.2, 0.25) is 0 Å². The Morgan fingerprint density at radius 2 is 1.78 bits per heavy atom. The van der Waals surface area contributed by atoms with E-state index in [4.69, 9.17) is 17.0 Å². The second-order valence-corrected chi connectivity index (χ2v) is 9.01. The van der Waals surface area contributed by atoms with Gasteiger partial charge in [0.25, 0.3) is 5.91 Å². The van der Waals surface area contributed by atoms with Crippen molar-refractivity contribution in [1.82, 2.24) is 4.90 Å². The van der Waals surface area contributed by atoms with Crippen LogP contribution in [0.1, 0.15) is 54.9 Å². The number of carbonyl (C=O) groups is 2. The van der Waals surface area contributed by atoms with E-state index < -0.39 is 0 Å². The first kappa shape index (κ1) is 22.5. The van der Waals surface area contributed by atoms with Crippen LogP contribution in [0.4, 0.5) is 5.69 Å². The number of anilines is 1. The lowest BCUT2D eigenvalue weighted by Crippen LogP contribution is -2.50. The quantitative estimate of drug-likeness (QED) is 0.568. The van der Waals surface area contributed by atoms with E-state index in [1.165, 1.54) is 5.56 Å². The lowest BCUT2D eigenvalue weighted by atomic mass is 9.95. The van der Waals surface area contributed by atoms with Crippen LogP contribution < -0.4 is 9.64 Å². The predicted octanol–water partition coefficient (Wildman–Crippen LogP) is 4.82. The SMILES string of the molecule is CCC(=S)CCOc1ccc(C(=O)N2CCC(N3C(=O)CCc4ccccc43)CC2)cc1. The van der Waals surface area contributed by atoms with E-state index in [1.807, 2.05) is 52.3 Å². The molecule has 32 heavy (non-hydrogen) atoms. The van der Waals surface area contributed by atoms with Crippen molar-refractivity contribution in [2.24, 2.45) is 0 Å². The monoisotopic (exact) mass is 450 g/mol. The zero-order chi connectivity index (χ0) is 22.5. The molecule has 0 unspecified atom stereocenters. The molecule has 1 fully saturated rings. The minimum Gasteiger partial charge on any atom is -0.493 e. The molecule has 2 aliphatic heterocycles. The summed E-state index contributed by atoms with van der Waals surface area (Å²) in [5, 5.41) is 0. The van der Waals surface area contributed by atoms with Gasteiger partial charge in [-0.25, -0.2) is 0 Å². The number of para-hydroxylation sites is 1. The number of likely N-dealkylation sites (tertiary alicyclic amines) is 1. The Hall–Kier alpha value is -2.73. The van der Waals surface area contributed by atoms with Gasteiger partial charge in [0.05, 0.1) is 6.61 Å². The molecule has 0 N–H and O–H groups in total. The highest BCUT2D eigenvalue weighted by Gasteiger charge is 2.33. The molecule has 0 radical (unpaired) electrons. The average Bonchev–Trinajstić information content (AvgIpc) is 2.84. The Morgan fingerprint density at radius 1 is 1.06 bits per heavy atom. The molecule has 0 aromatic heterocycles. The van der Waals surface area contributed by atoms with Gasteiger partial charge in [0.1, 0.15) is 5.75 Å². The maximum atomic E-state index is 13.0. The second-order valence-electron chi connectivity index (χ2n) is 8.43. The summed E-state index contributed by atoms with van der Waals surface area (Å²) in [6.45, 7) is 3.92. The molecule has 4 rings (SSSR count). The van der Waals surface area contributed by atoms with Crippen molar-refractivity contribution in [3.8, 4) is 5.75 Å². The highest BCUT2D eigenvalue weighted by Crippen LogP contribution is 2.32. The Balaban J connectivity index is 1.33. The van der Waals surface area contributed by atoms with Crippen molar-refractivity contribution in [2.45, 2.75) is 51.5 Å². The molecule has 0 saturated carbocycles. The summed E-state index contributed by atoms with van der Waals surface area (Å²) in [5.41, 5.74) is 2.95. The Morgan fingerprint density at radius 3 is 2.50 bits per heavy atom. The van der Waals surface area contributed by atoms with E-state index in [-0.39, 0.29) is 17.9 Å². The third kappa shape index (κ3) is 5.01. The predicted molar refractivity (Wildman–Crippen MR) is 131 cm³/mol. The van der Waals surface area contributed by atoms with Crippen molar-refractivity contribution >= 4 is 34.6 Å². The van der Waals surface area contributed by atoms with Crippen LogP contribution in [0.5, 0.6) is 5.75 Å². The summed E-state index contributed by atoms with van der Waals surface area (Å²) in [7, 11) is 0. The van der Waals surface area contributed by atoms with Crippen molar-refractivity contribution in [1.29, 1.82) is 0 Å². The summed E-state index contributed by atoms with van der Waals surface area (Å²) in [5.74, 6) is 0.984. The van der Waals surface area contributed by atoms with E-state index in [9.17, 15) is 9.59 Å². The number of rotatable bonds is 7. The molecule has 1 saturated heterocycles. The maximum Gasteiger partial charge on any atom is 0.253 e. The molecule has 2 aromatic rings. The van der Waals surface area contributed by atoms with Crippen LogP contribution in [-0.2, 0) is 11.2 Å². The van der Waals surface area contributed by atoms with Crippen LogP contribution in [0.25, 0.3) is 0 Å². The Kier molecular flexibility index (Phi) is 7.20. The topological polar surface area (TPSA) is 49.9 Å². The zero-order valence-electron chi connectivity index (χ0n) is 18.6. The van der Waals surface area contributed by atoms with Gasteiger partial charge in [-0.3, -0.25) is 9.59 Å². The number of nitrogens with zero attached hydrogens (tertiary/aromatic N) is 2. The first-order valence-corrected chi connectivity index (χ1v) is 11.9. The third-order valence-corrected chi connectivity index (χ3v) is 6.88. The molecule has 0 spiro atoms. The molecular weight excluding hydrogens is 420 g/mol. The number of aryl methyl sites for hydroxylation is 1. The summed E-state index contributed by atoms with van der Waals surface area (Å²) in [6.07, 6.45) is 4.63. The zero-order valence-corrected chi connectivity index (χ0v) is 19.4. The van der Waals surface area contributed by atoms with E-state index in [1.54, 1.807) is 0 Å². The van der Waals surface area contributed by atoms with Gasteiger partial charge >= 0.3 is 0 Å². The molecule has 168 valence electrons. The van der Waals surface area contributed by atoms with E-state index in [2.05, 4.69) is 13.0 Å². The molecule has 5 nitrogen and oxygen atoms in total. The van der Waals surface area contributed by atoms with Crippen LogP contribution >= 0.6 is 12.2 Å². The number of hydrogen-bond donors (Lipinski definition) is 0. The van der Waals surface area contributed by atoms with E-state index in [0.29, 0.717) is 31.7 Å². The number of thiocarbonyl (C=S) groups is 1. The number of fused-ring (bicyclic) bond motifs is 1. The van der Waals surface area contributed by atoms with Gasteiger partial charge in [0.2, 0.25) is 5.91 Å². The van der Waals surface area contributed by atoms with Gasteiger partial charge in [-0.15, -0.1) is 0 Å². The van der Waals surface area contributed by atoms with Gasteiger partial charge in [0.15, 0.2) is 0 Å². The van der Waals surface area contributed by atoms with Gasteiger partial charge < -0.3 is 14.5 Å². The smallest absolute Gasteiger partial charge is 0.253 e. The fourth-order valence-electron chi connectivity index (χ4n) is 4.52. The summed E-state index contributed by atoms with van der Waals surface area (Å²) in [6, 6.07) is 15.7. The molecule has 6 heteroatoms. The largest absolute Gasteiger partial charge is 0.493 e. The second kappa shape index (κ2) is 10.3. The summed E-state index contributed by atoms with van der Waals surface area (Å²) in [4.78, 5) is 30.6. The van der Waals surface area contributed by atoms with Gasteiger partial charge in [-0.2, -0.15) is 0 Å². The summed E-state index contributed by atoms with van der Waals surface area (Å²) >= 11 is 5.22. The Bertz CT molecular complexity index is 981. The Labute approximate surface area is 195 Å². The number of amides is 2. The van der Waals surface area contributed by atoms with E-state index >= 15 is 0 Å². The summed E-state index contributed by atoms with van der Waals surface area (Å²) < 4.78 is 5.73. The van der Waals surface area contributed by atoms with Crippen LogP contribution in [0, 0.1) is 0 Å². The van der Waals surface area contributed by atoms with Crippen molar-refractivity contribution in [3.63, 3.8) is 0 Å². The standard InChI is InChI=1S/C26H30N2O3S/c1-2-23(32)15-18-31-22-10-7-20(8-11-22)26(30)27-16-13-21(14-17-27)28-24-6-4-3-5-19(24)9-12-25(28)29/h3-8,10-11,21H,2,9,12-18H2,1H3. The minimum absolute atomic E-state index is 0.0348. The number of hydrogen-bond acceptors (Lipinski definition) is 4. The number of piperidine rings is 1. The molecule has 0 aliphatic carbocycles. The first-order chi connectivity index (χ1) is 15.6. The molecule has 0 bridgehead atoms. The van der Waals surface area contributed by atoms with Crippen molar-refractivity contribution < 1.29 is 14.3 Å². The highest BCUT2D eigenvalue weighted by atomic mass is 32.1. The third-order valence-electron chi connectivity index (χ3n) is 6.39. The van der Waals surface area contributed by atoms with Crippen LogP contribution in [-0.4, -0.2) is 47.3 Å². The van der Waals surface area contributed by atoms with Crippen LogP contribution in [0.3, 0.4) is 0 Å². The number of ether oxygens (including phenoxy) is 1. The number of carbonyl (C=O) groups excluding carboxylic acids is 2. The fourth-order valence-corrected chi connectivity index (χ4v) is 4.60. The van der Waals surface area contributed by atoms with Crippen LogP contribution in [0.15, 0.2) is 48.5 Å². The normalized spacial score (nSPS) is 16.6. The first-order valence-electron chi connectivity index (χ1n) is 11.5. The minimum atomic E-state index is 0.0348. The van der Waals surface area contributed by atoms with Gasteiger partial charge in [-0.05, 0) is 66.4 Å². The number of benzene rings is 2. The molecule has 0 atom stereocenters. The lowest BCUT2D eigenvalue weighted by molar-refractivity contribution is -0.119. The highest BCUT2D eigenvalue weighted by molar-refractivity contribution is 7.80. The maximum absolute atomic E-state index is 13.0. The molecule has 2 heterocycles. The van der Waals surface area contributed by atoms with Crippen molar-refractivity contribution in [3.05, 3.63) is 59.7 Å². The molecular formula is C26H30N2O3S. The van der Waals surface area contributed by atoms with E-state index in [0.717, 1.165) is 48.4 Å². The lowest BCUT2D eigenvalue weighted by Gasteiger charge is -2.41. The molecule has 2 amide bonds. The van der Waals surface area contributed by atoms with Gasteiger partial charge in [-0.1, -0.05) is 37.3 Å². The van der Waals surface area contributed by atoms with Gasteiger partial charge in [0, 0.05) is 43.2 Å². The average molecular weight is 451 g/mol.